The summed E-state index contributed by atoms with van der Waals surface area (Å²) in [5.74, 6) is 0. The summed E-state index contributed by atoms with van der Waals surface area (Å²) >= 11 is 0. The summed E-state index contributed by atoms with van der Waals surface area (Å²) in [5, 5.41) is 3.71. The van der Waals surface area contributed by atoms with E-state index in [1.165, 1.54) is 11.2 Å². The van der Waals surface area contributed by atoms with Crippen LogP contribution in [0.1, 0.15) is 11.3 Å². The van der Waals surface area contributed by atoms with Crippen LogP contribution in [0.5, 0.6) is 0 Å². The Bertz CT molecular complexity index is 342. The topological polar surface area (TPSA) is 72.4 Å². The molecular weight excluding hydrogens is 158 g/mol. The van der Waals surface area contributed by atoms with Crippen LogP contribution in [0.4, 0.5) is 4.79 Å². The summed E-state index contributed by atoms with van der Waals surface area (Å²) in [7, 11) is 0. The smallest absolute Gasteiger partial charge is 0.319 e. The van der Waals surface area contributed by atoms with Crippen molar-refractivity contribution in [3.63, 3.8) is 0 Å². The third-order valence-corrected chi connectivity index (χ3v) is 1.71. The van der Waals surface area contributed by atoms with E-state index >= 15 is 0 Å². The second kappa shape index (κ2) is 2.37. The molecule has 0 atom stereocenters. The third-order valence-electron chi connectivity index (χ3n) is 1.71. The standard InChI is InChI=1S/C7H7N3O2/c8-7(11)10-2-1-6-5(3-10)4-12-9-6/h1-2,4H,3H2,(H2,8,11). The van der Waals surface area contributed by atoms with E-state index in [0.29, 0.717) is 6.54 Å². The molecule has 1 aromatic rings. The molecule has 0 fully saturated rings. The van der Waals surface area contributed by atoms with E-state index < -0.39 is 6.03 Å². The summed E-state index contributed by atoms with van der Waals surface area (Å²) in [6.45, 7) is 0.435. The Hall–Kier alpha value is -1.78. The van der Waals surface area contributed by atoms with Crippen molar-refractivity contribution < 1.29 is 9.32 Å². The molecule has 62 valence electrons. The molecule has 5 nitrogen and oxygen atoms in total. The molecule has 2 heterocycles. The van der Waals surface area contributed by atoms with Gasteiger partial charge in [-0.2, -0.15) is 0 Å². The van der Waals surface area contributed by atoms with Gasteiger partial charge in [0.1, 0.15) is 12.0 Å². The Labute approximate surface area is 68.4 Å². The zero-order valence-electron chi connectivity index (χ0n) is 6.23. The first kappa shape index (κ1) is 6.90. The van der Waals surface area contributed by atoms with Gasteiger partial charge in [-0.15, -0.1) is 0 Å². The van der Waals surface area contributed by atoms with Crippen LogP contribution in [0.3, 0.4) is 0 Å². The van der Waals surface area contributed by atoms with E-state index in [9.17, 15) is 4.79 Å². The lowest BCUT2D eigenvalue weighted by Crippen LogP contribution is -2.31. The van der Waals surface area contributed by atoms with Gasteiger partial charge in [-0.25, -0.2) is 4.79 Å². The van der Waals surface area contributed by atoms with Crippen LogP contribution < -0.4 is 5.73 Å². The maximum atomic E-state index is 10.7. The highest BCUT2D eigenvalue weighted by atomic mass is 16.5. The van der Waals surface area contributed by atoms with E-state index in [-0.39, 0.29) is 0 Å². The maximum absolute atomic E-state index is 10.7. The number of nitrogens with two attached hydrogens (primary N) is 1. The Balaban J connectivity index is 2.30. The number of rotatable bonds is 0. The molecule has 2 rings (SSSR count). The molecule has 0 radical (unpaired) electrons. The van der Waals surface area contributed by atoms with Crippen molar-refractivity contribution in [2.24, 2.45) is 5.73 Å². The molecule has 2 amide bonds. The number of fused-ring (bicyclic) bond motifs is 1. The SMILES string of the molecule is NC(=O)N1C=Cc2nocc2C1. The number of hydrogen-bond donors (Lipinski definition) is 1. The fourth-order valence-corrected chi connectivity index (χ4v) is 1.07. The van der Waals surface area contributed by atoms with Crippen molar-refractivity contribution >= 4 is 12.1 Å². The monoisotopic (exact) mass is 165 g/mol. The lowest BCUT2D eigenvalue weighted by atomic mass is 10.2. The number of nitrogens with zero attached hydrogens (tertiary/aromatic N) is 2. The number of carbonyl (C=O) groups is 1. The first-order chi connectivity index (χ1) is 5.77. The maximum Gasteiger partial charge on any atom is 0.319 e. The zero-order valence-corrected chi connectivity index (χ0v) is 6.23. The predicted molar refractivity (Wildman–Crippen MR) is 40.7 cm³/mol. The van der Waals surface area contributed by atoms with Gasteiger partial charge in [0.05, 0.1) is 6.54 Å². The normalized spacial score (nSPS) is 14.5. The minimum Gasteiger partial charge on any atom is -0.364 e. The van der Waals surface area contributed by atoms with Gasteiger partial charge in [-0.3, -0.25) is 4.90 Å². The van der Waals surface area contributed by atoms with Crippen LogP contribution in [-0.4, -0.2) is 16.1 Å². The van der Waals surface area contributed by atoms with Crippen molar-refractivity contribution in [2.45, 2.75) is 6.54 Å². The summed E-state index contributed by atoms with van der Waals surface area (Å²) in [4.78, 5) is 12.1. The zero-order chi connectivity index (χ0) is 8.55. The van der Waals surface area contributed by atoms with Crippen LogP contribution in [0.2, 0.25) is 0 Å². The highest BCUT2D eigenvalue weighted by Crippen LogP contribution is 2.17. The van der Waals surface area contributed by atoms with Crippen molar-refractivity contribution in [3.05, 3.63) is 23.7 Å². The molecule has 0 aliphatic carbocycles. The van der Waals surface area contributed by atoms with Gasteiger partial charge in [-0.05, 0) is 6.08 Å². The third kappa shape index (κ3) is 0.952. The van der Waals surface area contributed by atoms with E-state index in [0.717, 1.165) is 11.3 Å². The molecule has 1 aliphatic rings. The Morgan fingerprint density at radius 2 is 2.58 bits per heavy atom. The minimum absolute atomic E-state index is 0.435. The van der Waals surface area contributed by atoms with Crippen molar-refractivity contribution in [1.29, 1.82) is 0 Å². The molecule has 0 saturated carbocycles. The molecule has 0 aromatic carbocycles. The van der Waals surface area contributed by atoms with E-state index in [1.807, 2.05) is 0 Å². The van der Waals surface area contributed by atoms with Gasteiger partial charge in [-0.1, -0.05) is 5.16 Å². The van der Waals surface area contributed by atoms with Crippen molar-refractivity contribution in [3.8, 4) is 0 Å². The number of amides is 2. The van der Waals surface area contributed by atoms with Crippen LogP contribution >= 0.6 is 0 Å². The average molecular weight is 165 g/mol. The fourth-order valence-electron chi connectivity index (χ4n) is 1.07. The number of aromatic nitrogens is 1. The largest absolute Gasteiger partial charge is 0.364 e. The number of hydrogen-bond acceptors (Lipinski definition) is 3. The lowest BCUT2D eigenvalue weighted by molar-refractivity contribution is 0.223. The highest BCUT2D eigenvalue weighted by Gasteiger charge is 2.16. The molecule has 0 saturated heterocycles. The molecular formula is C7H7N3O2. The average Bonchev–Trinajstić information content (AvgIpc) is 2.49. The number of urea groups is 1. The molecule has 0 unspecified atom stereocenters. The van der Waals surface area contributed by atoms with Gasteiger partial charge in [0.15, 0.2) is 0 Å². The molecule has 2 N–H and O–H groups in total. The van der Waals surface area contributed by atoms with Gasteiger partial charge in [0.25, 0.3) is 0 Å². The van der Waals surface area contributed by atoms with Crippen LogP contribution in [-0.2, 0) is 6.54 Å². The summed E-state index contributed by atoms with van der Waals surface area (Å²) < 4.78 is 4.72. The van der Waals surface area contributed by atoms with Crippen LogP contribution in [0.25, 0.3) is 6.08 Å². The summed E-state index contributed by atoms with van der Waals surface area (Å²) in [6, 6.07) is -0.474. The van der Waals surface area contributed by atoms with Crippen LogP contribution in [0.15, 0.2) is 17.0 Å². The summed E-state index contributed by atoms with van der Waals surface area (Å²) in [6.07, 6.45) is 4.79. The van der Waals surface area contributed by atoms with Gasteiger partial charge in [0, 0.05) is 11.8 Å². The van der Waals surface area contributed by atoms with E-state index in [1.54, 1.807) is 12.3 Å². The molecule has 0 bridgehead atoms. The number of carbonyl (C=O) groups excluding carboxylic acids is 1. The van der Waals surface area contributed by atoms with E-state index in [2.05, 4.69) is 5.16 Å². The quantitative estimate of drug-likeness (QED) is 0.609. The molecule has 1 aliphatic heterocycles. The van der Waals surface area contributed by atoms with Crippen molar-refractivity contribution in [2.75, 3.05) is 0 Å². The van der Waals surface area contributed by atoms with E-state index in [4.69, 9.17) is 10.3 Å². The summed E-state index contributed by atoms with van der Waals surface area (Å²) in [5.41, 5.74) is 6.71. The minimum atomic E-state index is -0.474. The number of primary amides is 1. The predicted octanol–water partition coefficient (Wildman–Crippen LogP) is 0.540. The Morgan fingerprint density at radius 1 is 1.75 bits per heavy atom. The van der Waals surface area contributed by atoms with Gasteiger partial charge >= 0.3 is 6.03 Å². The molecule has 0 spiro atoms. The fraction of sp³-hybridized carbons (Fsp3) is 0.143. The Morgan fingerprint density at radius 3 is 3.33 bits per heavy atom. The van der Waals surface area contributed by atoms with Crippen LogP contribution in [0, 0.1) is 0 Å². The van der Waals surface area contributed by atoms with Gasteiger partial charge < -0.3 is 10.3 Å². The Kier molecular flexibility index (Phi) is 1.36. The molecule has 5 heteroatoms. The first-order valence-corrected chi connectivity index (χ1v) is 3.45. The highest BCUT2D eigenvalue weighted by molar-refractivity contribution is 5.75. The molecule has 1 aromatic heterocycles. The van der Waals surface area contributed by atoms with Crippen molar-refractivity contribution in [1.82, 2.24) is 10.1 Å². The lowest BCUT2D eigenvalue weighted by Gasteiger charge is -2.17. The first-order valence-electron chi connectivity index (χ1n) is 3.45. The van der Waals surface area contributed by atoms with Gasteiger partial charge in [0.2, 0.25) is 0 Å². The second-order valence-electron chi connectivity index (χ2n) is 2.51. The second-order valence-corrected chi connectivity index (χ2v) is 2.51. The molecule has 12 heavy (non-hydrogen) atoms.